The first-order valence-corrected chi connectivity index (χ1v) is 5.23. The molecule has 0 aromatic heterocycles. The molecule has 0 radical (unpaired) electrons. The molecule has 0 saturated carbocycles. The molecule has 1 rings (SSSR count). The maximum absolute atomic E-state index is 11.6. The van der Waals surface area contributed by atoms with Crippen molar-refractivity contribution >= 4 is 5.97 Å². The molecule has 1 unspecified atom stereocenters. The molecular formula is C12H16O4. The van der Waals surface area contributed by atoms with Crippen molar-refractivity contribution in [3.8, 4) is 5.75 Å². The van der Waals surface area contributed by atoms with Crippen molar-refractivity contribution in [2.24, 2.45) is 0 Å². The normalized spacial score (nSPS) is 14.2. The fraction of sp³-hybridized carbons (Fsp3) is 0.417. The summed E-state index contributed by atoms with van der Waals surface area (Å²) in [5.74, 6) is -0.575. The van der Waals surface area contributed by atoms with E-state index in [1.54, 1.807) is 13.8 Å². The number of ether oxygens (including phenoxy) is 1. The van der Waals surface area contributed by atoms with Gasteiger partial charge in [-0.15, -0.1) is 0 Å². The maximum Gasteiger partial charge on any atom is 0.342 e. The highest BCUT2D eigenvalue weighted by molar-refractivity contribution is 5.81. The molecule has 0 aliphatic carbocycles. The largest absolute Gasteiger partial charge is 0.508 e. The quantitative estimate of drug-likeness (QED) is 0.761. The molecule has 0 fully saturated rings. The zero-order valence-electron chi connectivity index (χ0n) is 9.43. The van der Waals surface area contributed by atoms with Gasteiger partial charge >= 0.3 is 5.97 Å². The van der Waals surface area contributed by atoms with Crippen LogP contribution >= 0.6 is 0 Å². The lowest BCUT2D eigenvalue weighted by Gasteiger charge is -2.24. The van der Waals surface area contributed by atoms with Crippen molar-refractivity contribution < 1.29 is 19.7 Å². The molecule has 2 N–H and O–H groups in total. The number of carbonyl (C=O) groups excluding carboxylic acids is 1. The number of aliphatic hydroxyl groups is 1. The number of hydrogen-bond donors (Lipinski definition) is 2. The van der Waals surface area contributed by atoms with Crippen LogP contribution in [-0.2, 0) is 15.1 Å². The van der Waals surface area contributed by atoms with Gasteiger partial charge in [0.2, 0.25) is 0 Å². The maximum atomic E-state index is 11.6. The molecule has 0 amide bonds. The molecule has 0 spiro atoms. The predicted octanol–water partition coefficient (Wildman–Crippen LogP) is 1.55. The van der Waals surface area contributed by atoms with E-state index in [4.69, 9.17) is 9.84 Å². The number of benzene rings is 1. The van der Waals surface area contributed by atoms with Crippen LogP contribution in [0.1, 0.15) is 25.8 Å². The van der Waals surface area contributed by atoms with Gasteiger partial charge in [-0.1, -0.05) is 19.1 Å². The molecular weight excluding hydrogens is 208 g/mol. The second-order valence-corrected chi connectivity index (χ2v) is 3.48. The highest BCUT2D eigenvalue weighted by Gasteiger charge is 2.37. The van der Waals surface area contributed by atoms with Crippen LogP contribution in [0.5, 0.6) is 5.75 Å². The molecule has 0 aliphatic heterocycles. The van der Waals surface area contributed by atoms with E-state index in [0.717, 1.165) is 0 Å². The molecule has 1 aromatic rings. The highest BCUT2D eigenvalue weighted by Crippen LogP contribution is 2.27. The highest BCUT2D eigenvalue weighted by atomic mass is 16.5. The molecule has 0 bridgehead atoms. The zero-order chi connectivity index (χ0) is 12.2. The van der Waals surface area contributed by atoms with Crippen molar-refractivity contribution in [3.63, 3.8) is 0 Å². The van der Waals surface area contributed by atoms with E-state index in [2.05, 4.69) is 0 Å². The Morgan fingerprint density at radius 3 is 2.31 bits per heavy atom. The van der Waals surface area contributed by atoms with Crippen molar-refractivity contribution in [3.05, 3.63) is 29.8 Å². The summed E-state index contributed by atoms with van der Waals surface area (Å²) in [6, 6.07) is 5.87. The van der Waals surface area contributed by atoms with E-state index in [9.17, 15) is 9.90 Å². The van der Waals surface area contributed by atoms with Crippen molar-refractivity contribution in [2.75, 3.05) is 6.61 Å². The average molecular weight is 224 g/mol. The van der Waals surface area contributed by atoms with Crippen molar-refractivity contribution in [1.29, 1.82) is 0 Å². The van der Waals surface area contributed by atoms with Crippen LogP contribution in [0.3, 0.4) is 0 Å². The minimum absolute atomic E-state index is 0.0889. The summed E-state index contributed by atoms with van der Waals surface area (Å²) in [4.78, 5) is 11.6. The van der Waals surface area contributed by atoms with Gasteiger partial charge in [-0.2, -0.15) is 0 Å². The first kappa shape index (κ1) is 12.5. The third-order valence-electron chi connectivity index (χ3n) is 2.47. The van der Waals surface area contributed by atoms with E-state index in [0.29, 0.717) is 5.56 Å². The molecule has 0 aliphatic rings. The van der Waals surface area contributed by atoms with E-state index in [1.165, 1.54) is 24.3 Å². The Hall–Kier alpha value is -1.55. The Labute approximate surface area is 94.5 Å². The van der Waals surface area contributed by atoms with Gasteiger partial charge in [-0.25, -0.2) is 4.79 Å². The first-order valence-electron chi connectivity index (χ1n) is 5.23. The summed E-state index contributed by atoms with van der Waals surface area (Å²) in [5, 5.41) is 19.4. The molecule has 1 aromatic carbocycles. The smallest absolute Gasteiger partial charge is 0.342 e. The van der Waals surface area contributed by atoms with Gasteiger partial charge < -0.3 is 14.9 Å². The Bertz CT molecular complexity index is 358. The minimum atomic E-state index is -1.64. The number of esters is 1. The van der Waals surface area contributed by atoms with Crippen LogP contribution < -0.4 is 0 Å². The molecule has 4 heteroatoms. The number of phenolic OH excluding ortho intramolecular Hbond substituents is 1. The average Bonchev–Trinajstić information content (AvgIpc) is 2.29. The van der Waals surface area contributed by atoms with Crippen LogP contribution in [0.25, 0.3) is 0 Å². The van der Waals surface area contributed by atoms with E-state index in [-0.39, 0.29) is 18.8 Å². The lowest BCUT2D eigenvalue weighted by Crippen LogP contribution is -2.36. The Kier molecular flexibility index (Phi) is 3.90. The fourth-order valence-electron chi connectivity index (χ4n) is 1.45. The third-order valence-corrected chi connectivity index (χ3v) is 2.47. The van der Waals surface area contributed by atoms with Crippen LogP contribution in [0.2, 0.25) is 0 Å². The second-order valence-electron chi connectivity index (χ2n) is 3.48. The van der Waals surface area contributed by atoms with Crippen LogP contribution in [0.4, 0.5) is 0 Å². The van der Waals surface area contributed by atoms with Crippen LogP contribution in [0.15, 0.2) is 24.3 Å². The first-order chi connectivity index (χ1) is 7.54. The van der Waals surface area contributed by atoms with Gasteiger partial charge in [0.15, 0.2) is 5.60 Å². The monoisotopic (exact) mass is 224 g/mol. The number of rotatable bonds is 4. The van der Waals surface area contributed by atoms with Crippen LogP contribution in [0, 0.1) is 0 Å². The summed E-state index contributed by atoms with van der Waals surface area (Å²) >= 11 is 0. The van der Waals surface area contributed by atoms with Crippen molar-refractivity contribution in [2.45, 2.75) is 25.9 Å². The SMILES string of the molecule is CCOC(=O)C(O)(CC)c1ccc(O)cc1. The van der Waals surface area contributed by atoms with Gasteiger partial charge in [0.25, 0.3) is 0 Å². The van der Waals surface area contributed by atoms with E-state index >= 15 is 0 Å². The number of hydrogen-bond acceptors (Lipinski definition) is 4. The topological polar surface area (TPSA) is 66.8 Å². The Balaban J connectivity index is 3.04. The molecule has 0 heterocycles. The van der Waals surface area contributed by atoms with E-state index < -0.39 is 11.6 Å². The van der Waals surface area contributed by atoms with Gasteiger partial charge in [0, 0.05) is 0 Å². The Morgan fingerprint density at radius 2 is 1.88 bits per heavy atom. The Morgan fingerprint density at radius 1 is 1.31 bits per heavy atom. The minimum Gasteiger partial charge on any atom is -0.508 e. The summed E-state index contributed by atoms with van der Waals surface area (Å²) in [5.41, 5.74) is -1.21. The lowest BCUT2D eigenvalue weighted by atomic mass is 9.91. The standard InChI is InChI=1S/C12H16O4/c1-3-12(15,11(14)16-4-2)9-5-7-10(13)8-6-9/h5-8,13,15H,3-4H2,1-2H3. The number of carbonyl (C=O) groups is 1. The summed E-state index contributed by atoms with van der Waals surface area (Å²) in [6.45, 7) is 3.60. The molecule has 4 nitrogen and oxygen atoms in total. The second kappa shape index (κ2) is 4.99. The number of phenols is 1. The van der Waals surface area contributed by atoms with E-state index in [1.807, 2.05) is 0 Å². The molecule has 16 heavy (non-hydrogen) atoms. The van der Waals surface area contributed by atoms with Crippen molar-refractivity contribution in [1.82, 2.24) is 0 Å². The fourth-order valence-corrected chi connectivity index (χ4v) is 1.45. The molecule has 88 valence electrons. The van der Waals surface area contributed by atoms with Gasteiger partial charge in [-0.05, 0) is 31.0 Å². The number of aromatic hydroxyl groups is 1. The summed E-state index contributed by atoms with van der Waals surface area (Å²) < 4.78 is 4.83. The van der Waals surface area contributed by atoms with Crippen LogP contribution in [-0.4, -0.2) is 22.8 Å². The summed E-state index contributed by atoms with van der Waals surface area (Å²) in [7, 11) is 0. The van der Waals surface area contributed by atoms with Gasteiger partial charge in [0.1, 0.15) is 5.75 Å². The molecule has 0 saturated heterocycles. The summed E-state index contributed by atoms with van der Waals surface area (Å²) in [6.07, 6.45) is 0.219. The third kappa shape index (κ3) is 2.33. The predicted molar refractivity (Wildman–Crippen MR) is 58.9 cm³/mol. The zero-order valence-corrected chi connectivity index (χ0v) is 9.43. The van der Waals surface area contributed by atoms with Gasteiger partial charge in [-0.3, -0.25) is 0 Å². The lowest BCUT2D eigenvalue weighted by molar-refractivity contribution is -0.166. The molecule has 1 atom stereocenters. The van der Waals surface area contributed by atoms with Gasteiger partial charge in [0.05, 0.1) is 6.61 Å².